The van der Waals surface area contributed by atoms with Crippen LogP contribution in [0.2, 0.25) is 0 Å². The molecular weight excluding hydrogens is 168 g/mol. The second-order valence-electron chi connectivity index (χ2n) is 3.97. The molecule has 14 heavy (non-hydrogen) atoms. The Morgan fingerprint density at radius 1 is 1.00 bits per heavy atom. The average molecular weight is 186 g/mol. The van der Waals surface area contributed by atoms with Gasteiger partial charge >= 0.3 is 0 Å². The Morgan fingerprint density at radius 2 is 1.64 bits per heavy atom. The highest BCUT2D eigenvalue weighted by Crippen LogP contribution is 2.24. The summed E-state index contributed by atoms with van der Waals surface area (Å²) in [7, 11) is 0. The maximum Gasteiger partial charge on any atom is 0.00784 e. The van der Waals surface area contributed by atoms with Gasteiger partial charge in [-0.1, -0.05) is 68.5 Å². The van der Waals surface area contributed by atoms with Crippen LogP contribution in [0.3, 0.4) is 0 Å². The normalized spacial score (nSPS) is 12.8. The van der Waals surface area contributed by atoms with Crippen molar-refractivity contribution in [3.8, 4) is 0 Å². The molecule has 0 unspecified atom stereocenters. The van der Waals surface area contributed by atoms with Crippen molar-refractivity contribution in [2.45, 2.75) is 26.2 Å². The van der Waals surface area contributed by atoms with Gasteiger partial charge in [0, 0.05) is 5.41 Å². The topological polar surface area (TPSA) is 0 Å². The van der Waals surface area contributed by atoms with Gasteiger partial charge in [-0.2, -0.15) is 0 Å². The van der Waals surface area contributed by atoms with Crippen molar-refractivity contribution in [3.63, 3.8) is 0 Å². The highest BCUT2D eigenvalue weighted by molar-refractivity contribution is 5.29. The minimum absolute atomic E-state index is 0.112. The fraction of sp³-hybridized carbons (Fsp3) is 0.286. The summed E-state index contributed by atoms with van der Waals surface area (Å²) in [5, 5.41) is 0. The largest absolute Gasteiger partial charge is 0.0877 e. The summed E-state index contributed by atoms with van der Waals surface area (Å²) in [5.41, 5.74) is 1.46. The molecule has 1 aromatic carbocycles. The zero-order valence-electron chi connectivity index (χ0n) is 9.20. The van der Waals surface area contributed by atoms with Gasteiger partial charge in [-0.25, -0.2) is 0 Å². The molecule has 0 saturated heterocycles. The summed E-state index contributed by atoms with van der Waals surface area (Å²) in [6.45, 7) is 6.48. The van der Waals surface area contributed by atoms with Crippen LogP contribution in [0.4, 0.5) is 0 Å². The second-order valence-corrected chi connectivity index (χ2v) is 3.97. The number of hydrogen-bond acceptors (Lipinski definition) is 0. The van der Waals surface area contributed by atoms with E-state index in [0.29, 0.717) is 0 Å². The molecule has 0 atom stereocenters. The Morgan fingerprint density at radius 3 is 2.21 bits per heavy atom. The molecule has 0 heteroatoms. The number of hydrogen-bond donors (Lipinski definition) is 0. The first-order valence-corrected chi connectivity index (χ1v) is 5.03. The Bertz CT molecular complexity index is 315. The molecule has 0 amide bonds. The average Bonchev–Trinajstić information content (AvgIpc) is 2.19. The van der Waals surface area contributed by atoms with E-state index in [-0.39, 0.29) is 5.41 Å². The van der Waals surface area contributed by atoms with Gasteiger partial charge in [0.25, 0.3) is 0 Å². The van der Waals surface area contributed by atoms with Crippen molar-refractivity contribution in [2.75, 3.05) is 0 Å². The van der Waals surface area contributed by atoms with Crippen LogP contribution in [0.25, 0.3) is 0 Å². The summed E-state index contributed by atoms with van der Waals surface area (Å²) in [5.74, 6) is 0. The third-order valence-corrected chi connectivity index (χ3v) is 2.33. The van der Waals surface area contributed by atoms with Gasteiger partial charge < -0.3 is 0 Å². The molecule has 0 heterocycles. The van der Waals surface area contributed by atoms with E-state index in [1.807, 2.05) is 13.0 Å². The van der Waals surface area contributed by atoms with Gasteiger partial charge in [-0.05, 0) is 12.5 Å². The smallest absolute Gasteiger partial charge is 0.00784 e. The summed E-state index contributed by atoms with van der Waals surface area (Å²) in [4.78, 5) is 0. The van der Waals surface area contributed by atoms with E-state index in [1.54, 1.807) is 0 Å². The molecule has 0 spiro atoms. The monoisotopic (exact) mass is 186 g/mol. The lowest BCUT2D eigenvalue weighted by molar-refractivity contribution is 0.670. The van der Waals surface area contributed by atoms with Gasteiger partial charge in [-0.3, -0.25) is 0 Å². The third kappa shape index (κ3) is 2.88. The molecule has 0 radical (unpaired) electrons. The molecule has 0 N–H and O–H groups in total. The Kier molecular flexibility index (Phi) is 3.70. The van der Waals surface area contributed by atoms with Crippen LogP contribution in [-0.4, -0.2) is 0 Å². The molecule has 0 nitrogen and oxygen atoms in total. The molecule has 0 saturated carbocycles. The van der Waals surface area contributed by atoms with E-state index in [4.69, 9.17) is 0 Å². The molecule has 0 aliphatic carbocycles. The zero-order chi connectivity index (χ0) is 10.4. The first-order valence-electron chi connectivity index (χ1n) is 5.03. The number of benzene rings is 1. The van der Waals surface area contributed by atoms with Crippen molar-refractivity contribution in [1.29, 1.82) is 0 Å². The second kappa shape index (κ2) is 4.80. The lowest BCUT2D eigenvalue weighted by Gasteiger charge is -2.20. The Labute approximate surface area is 87.0 Å². The molecule has 0 aliphatic heterocycles. The van der Waals surface area contributed by atoms with Crippen molar-refractivity contribution in [2.24, 2.45) is 0 Å². The highest BCUT2D eigenvalue weighted by atomic mass is 14.2. The predicted octanol–water partition coefficient (Wildman–Crippen LogP) is 4.10. The SMILES string of the molecule is CC=CC=CC(C)(C)c1ccccc1. The van der Waals surface area contributed by atoms with Gasteiger partial charge in [-0.15, -0.1) is 0 Å². The Balaban J connectivity index is 2.85. The molecular formula is C14H18. The molecule has 0 aliphatic rings. The molecule has 1 rings (SSSR count). The van der Waals surface area contributed by atoms with Crippen molar-refractivity contribution >= 4 is 0 Å². The van der Waals surface area contributed by atoms with Gasteiger partial charge in [0.2, 0.25) is 0 Å². The van der Waals surface area contributed by atoms with Gasteiger partial charge in [0.05, 0.1) is 0 Å². The van der Waals surface area contributed by atoms with E-state index < -0.39 is 0 Å². The summed E-state index contributed by atoms with van der Waals surface area (Å²) < 4.78 is 0. The van der Waals surface area contributed by atoms with Crippen LogP contribution in [0.1, 0.15) is 26.3 Å². The molecule has 74 valence electrons. The van der Waals surface area contributed by atoms with Crippen LogP contribution in [0.5, 0.6) is 0 Å². The summed E-state index contributed by atoms with van der Waals surface area (Å²) >= 11 is 0. The highest BCUT2D eigenvalue weighted by Gasteiger charge is 2.15. The van der Waals surface area contributed by atoms with Crippen LogP contribution in [0, 0.1) is 0 Å². The van der Waals surface area contributed by atoms with E-state index in [1.165, 1.54) is 5.56 Å². The zero-order valence-corrected chi connectivity index (χ0v) is 9.20. The minimum Gasteiger partial charge on any atom is -0.0877 e. The van der Waals surface area contributed by atoms with Crippen LogP contribution < -0.4 is 0 Å². The van der Waals surface area contributed by atoms with Crippen LogP contribution in [-0.2, 0) is 5.41 Å². The van der Waals surface area contributed by atoms with E-state index in [9.17, 15) is 0 Å². The lowest BCUT2D eigenvalue weighted by Crippen LogP contribution is -2.12. The van der Waals surface area contributed by atoms with Crippen molar-refractivity contribution < 1.29 is 0 Å². The first kappa shape index (κ1) is 10.8. The minimum atomic E-state index is 0.112. The third-order valence-electron chi connectivity index (χ3n) is 2.33. The maximum atomic E-state index is 2.22. The molecule has 0 fully saturated rings. The van der Waals surface area contributed by atoms with Gasteiger partial charge in [0.1, 0.15) is 0 Å². The molecule has 0 aromatic heterocycles. The quantitative estimate of drug-likeness (QED) is 0.623. The van der Waals surface area contributed by atoms with Crippen molar-refractivity contribution in [3.05, 3.63) is 60.2 Å². The first-order chi connectivity index (χ1) is 6.67. The maximum absolute atomic E-state index is 2.22. The fourth-order valence-corrected chi connectivity index (χ4v) is 1.37. The van der Waals surface area contributed by atoms with E-state index in [2.05, 4.69) is 62.4 Å². The van der Waals surface area contributed by atoms with Gasteiger partial charge in [0.15, 0.2) is 0 Å². The number of rotatable bonds is 3. The van der Waals surface area contributed by atoms with E-state index in [0.717, 1.165) is 0 Å². The predicted molar refractivity (Wildman–Crippen MR) is 63.4 cm³/mol. The van der Waals surface area contributed by atoms with Crippen LogP contribution in [0.15, 0.2) is 54.6 Å². The molecule has 0 bridgehead atoms. The lowest BCUT2D eigenvalue weighted by atomic mass is 9.84. The summed E-state index contributed by atoms with van der Waals surface area (Å²) in [6.07, 6.45) is 8.43. The molecule has 1 aromatic rings. The van der Waals surface area contributed by atoms with Crippen LogP contribution >= 0.6 is 0 Å². The number of allylic oxidation sites excluding steroid dienone is 4. The van der Waals surface area contributed by atoms with E-state index >= 15 is 0 Å². The fourth-order valence-electron chi connectivity index (χ4n) is 1.37. The summed E-state index contributed by atoms with van der Waals surface area (Å²) in [6, 6.07) is 10.6. The van der Waals surface area contributed by atoms with Crippen molar-refractivity contribution in [1.82, 2.24) is 0 Å². The Hall–Kier alpha value is -1.30. The standard InChI is InChI=1S/C14H18/c1-4-5-9-12-14(2,3)13-10-7-6-8-11-13/h4-12H,1-3H3.